The molecule has 2 aliphatic rings. The van der Waals surface area contributed by atoms with E-state index in [2.05, 4.69) is 39.8 Å². The van der Waals surface area contributed by atoms with Gasteiger partial charge in [0.05, 0.1) is 6.04 Å². The number of amides is 2. The maximum Gasteiger partial charge on any atom is 0.317 e. The number of carbonyl (C=O) groups is 1. The highest BCUT2D eigenvalue weighted by Gasteiger charge is 2.24. The topological polar surface area (TPSA) is 63.4 Å². The van der Waals surface area contributed by atoms with Crippen LogP contribution in [0.3, 0.4) is 0 Å². The van der Waals surface area contributed by atoms with Crippen LogP contribution in [0.1, 0.15) is 31.4 Å². The fourth-order valence-corrected chi connectivity index (χ4v) is 3.69. The molecule has 2 amide bonds. The van der Waals surface area contributed by atoms with Gasteiger partial charge in [-0.15, -0.1) is 0 Å². The lowest BCUT2D eigenvalue weighted by Crippen LogP contribution is -2.49. The average molecular weight is 331 g/mol. The number of hydrogen-bond acceptors (Lipinski definition) is 3. The minimum absolute atomic E-state index is 0.0140. The molecule has 132 valence electrons. The number of aromatic amines is 1. The summed E-state index contributed by atoms with van der Waals surface area (Å²) in [5, 5.41) is 6.57. The Balaban J connectivity index is 1.77. The molecule has 0 aromatic carbocycles. The summed E-state index contributed by atoms with van der Waals surface area (Å²) in [7, 11) is 2.14. The average Bonchev–Trinajstić information content (AvgIpc) is 3.02. The van der Waals surface area contributed by atoms with Crippen LogP contribution in [0.4, 0.5) is 10.6 Å². The Bertz CT molecular complexity index is 617. The van der Waals surface area contributed by atoms with Gasteiger partial charge in [-0.05, 0) is 32.3 Å². The van der Waals surface area contributed by atoms with Crippen molar-refractivity contribution in [2.75, 3.05) is 44.7 Å². The molecule has 0 bridgehead atoms. The third kappa shape index (κ3) is 3.29. The van der Waals surface area contributed by atoms with Crippen LogP contribution in [0, 0.1) is 0 Å². The summed E-state index contributed by atoms with van der Waals surface area (Å²) in [6.07, 6.45) is 6.65. The van der Waals surface area contributed by atoms with E-state index in [1.54, 1.807) is 0 Å². The molecule has 3 N–H and O–H groups in total. The van der Waals surface area contributed by atoms with E-state index in [0.717, 1.165) is 39.1 Å². The summed E-state index contributed by atoms with van der Waals surface area (Å²) in [5.41, 5.74) is 3.98. The number of hydrogen-bond donors (Lipinski definition) is 3. The van der Waals surface area contributed by atoms with Crippen molar-refractivity contribution < 1.29 is 4.79 Å². The third-order valence-electron chi connectivity index (χ3n) is 5.05. The Morgan fingerprint density at radius 3 is 2.96 bits per heavy atom. The van der Waals surface area contributed by atoms with Crippen molar-refractivity contribution >= 4 is 17.4 Å². The summed E-state index contributed by atoms with van der Waals surface area (Å²) in [6.45, 7) is 8.22. The molecule has 2 aliphatic heterocycles. The molecule has 3 heterocycles. The molecule has 1 aromatic heterocycles. The second kappa shape index (κ2) is 7.30. The lowest BCUT2D eigenvalue weighted by atomic mass is 9.95. The van der Waals surface area contributed by atoms with E-state index in [0.29, 0.717) is 0 Å². The Kier molecular flexibility index (Phi) is 5.14. The zero-order valence-corrected chi connectivity index (χ0v) is 15.0. The molecule has 0 fully saturated rings. The van der Waals surface area contributed by atoms with Crippen molar-refractivity contribution in [1.29, 1.82) is 0 Å². The summed E-state index contributed by atoms with van der Waals surface area (Å²) in [5.74, 6) is 1.24. The predicted octanol–water partition coefficient (Wildman–Crippen LogP) is 1.80. The number of nitrogens with zero attached hydrogens (tertiary/aromatic N) is 2. The molecule has 3 rings (SSSR count). The van der Waals surface area contributed by atoms with Gasteiger partial charge in [-0.1, -0.05) is 6.08 Å². The van der Waals surface area contributed by atoms with E-state index in [4.69, 9.17) is 0 Å². The van der Waals surface area contributed by atoms with Gasteiger partial charge >= 0.3 is 6.03 Å². The Morgan fingerprint density at radius 1 is 1.42 bits per heavy atom. The molecule has 0 saturated carbocycles. The lowest BCUT2D eigenvalue weighted by Gasteiger charge is -2.28. The first-order valence-electron chi connectivity index (χ1n) is 9.02. The third-order valence-corrected chi connectivity index (χ3v) is 5.05. The first-order chi connectivity index (χ1) is 11.6. The molecular formula is C18H29N5O. The van der Waals surface area contributed by atoms with E-state index in [1.807, 2.05) is 18.7 Å². The molecule has 0 spiro atoms. The van der Waals surface area contributed by atoms with Crippen LogP contribution in [0.25, 0.3) is 5.57 Å². The SMILES string of the molecule is CCN(CC)C(=O)N[C@@H]1C=C(c2c[nH]c3c2CCCN3C)CNC1. The predicted molar refractivity (Wildman–Crippen MR) is 98.5 cm³/mol. The van der Waals surface area contributed by atoms with E-state index in [9.17, 15) is 4.79 Å². The molecule has 6 nitrogen and oxygen atoms in total. The van der Waals surface area contributed by atoms with Gasteiger partial charge in [0.2, 0.25) is 0 Å². The van der Waals surface area contributed by atoms with Crippen LogP contribution in [0.5, 0.6) is 0 Å². The largest absolute Gasteiger partial charge is 0.361 e. The zero-order valence-electron chi connectivity index (χ0n) is 15.0. The summed E-state index contributed by atoms with van der Waals surface area (Å²) >= 11 is 0. The van der Waals surface area contributed by atoms with Gasteiger partial charge in [-0.3, -0.25) is 0 Å². The number of aromatic nitrogens is 1. The van der Waals surface area contributed by atoms with Gasteiger partial charge < -0.3 is 25.4 Å². The summed E-state index contributed by atoms with van der Waals surface area (Å²) in [6, 6.07) is 0.0499. The number of carbonyl (C=O) groups excluding carboxylic acids is 1. The number of urea groups is 1. The molecular weight excluding hydrogens is 302 g/mol. The molecule has 0 unspecified atom stereocenters. The Hall–Kier alpha value is -1.95. The Labute approximate surface area is 144 Å². The highest BCUT2D eigenvalue weighted by atomic mass is 16.2. The van der Waals surface area contributed by atoms with Crippen molar-refractivity contribution in [2.24, 2.45) is 0 Å². The van der Waals surface area contributed by atoms with Gasteiger partial charge in [-0.2, -0.15) is 0 Å². The molecule has 6 heteroatoms. The maximum absolute atomic E-state index is 12.3. The number of anilines is 1. The van der Waals surface area contributed by atoms with Gasteiger partial charge in [-0.25, -0.2) is 4.79 Å². The Morgan fingerprint density at radius 2 is 2.21 bits per heavy atom. The molecule has 0 radical (unpaired) electrons. The van der Waals surface area contributed by atoms with Crippen LogP contribution in [0.15, 0.2) is 12.3 Å². The first-order valence-corrected chi connectivity index (χ1v) is 9.02. The standard InChI is InChI=1S/C18H29N5O/c1-4-23(5-2)18(24)21-14-9-13(10-19-11-14)16-12-20-17-15(16)7-6-8-22(17)3/h9,12,14,19-20H,4-8,10-11H2,1-3H3,(H,21,24)/t14-/m1/s1. The van der Waals surface area contributed by atoms with E-state index in [-0.39, 0.29) is 12.1 Å². The highest BCUT2D eigenvalue weighted by Crippen LogP contribution is 2.32. The van der Waals surface area contributed by atoms with Crippen molar-refractivity contribution in [3.8, 4) is 0 Å². The number of fused-ring (bicyclic) bond motifs is 1. The second-order valence-electron chi connectivity index (χ2n) is 6.61. The van der Waals surface area contributed by atoms with Gasteiger partial charge in [0.1, 0.15) is 5.82 Å². The van der Waals surface area contributed by atoms with Crippen molar-refractivity contribution in [3.05, 3.63) is 23.4 Å². The number of rotatable bonds is 4. The smallest absolute Gasteiger partial charge is 0.317 e. The molecule has 1 aromatic rings. The van der Waals surface area contributed by atoms with Crippen LogP contribution >= 0.6 is 0 Å². The fourth-order valence-electron chi connectivity index (χ4n) is 3.69. The van der Waals surface area contributed by atoms with Gasteiger partial charge in [0.25, 0.3) is 0 Å². The van der Waals surface area contributed by atoms with E-state index in [1.165, 1.54) is 28.9 Å². The summed E-state index contributed by atoms with van der Waals surface area (Å²) < 4.78 is 0. The van der Waals surface area contributed by atoms with Crippen molar-refractivity contribution in [3.63, 3.8) is 0 Å². The second-order valence-corrected chi connectivity index (χ2v) is 6.61. The van der Waals surface area contributed by atoms with Crippen molar-refractivity contribution in [2.45, 2.75) is 32.7 Å². The molecule has 0 aliphatic carbocycles. The zero-order chi connectivity index (χ0) is 17.1. The summed E-state index contributed by atoms with van der Waals surface area (Å²) in [4.78, 5) is 19.8. The highest BCUT2D eigenvalue weighted by molar-refractivity contribution is 5.78. The molecule has 24 heavy (non-hydrogen) atoms. The minimum Gasteiger partial charge on any atom is -0.361 e. The van der Waals surface area contributed by atoms with Crippen LogP contribution in [0.2, 0.25) is 0 Å². The van der Waals surface area contributed by atoms with E-state index >= 15 is 0 Å². The fraction of sp³-hybridized carbons (Fsp3) is 0.611. The monoisotopic (exact) mass is 331 g/mol. The lowest BCUT2D eigenvalue weighted by molar-refractivity contribution is 0.200. The van der Waals surface area contributed by atoms with Gasteiger partial charge in [0.15, 0.2) is 0 Å². The minimum atomic E-state index is 0.0140. The van der Waals surface area contributed by atoms with Crippen LogP contribution in [-0.2, 0) is 6.42 Å². The normalized spacial score (nSPS) is 20.4. The number of H-pyrrole nitrogens is 1. The van der Waals surface area contributed by atoms with Crippen LogP contribution in [-0.4, -0.2) is 61.7 Å². The number of nitrogens with one attached hydrogen (secondary N) is 3. The van der Waals surface area contributed by atoms with Gasteiger partial charge in [0, 0.05) is 57.1 Å². The first kappa shape index (κ1) is 16.9. The van der Waals surface area contributed by atoms with Crippen molar-refractivity contribution in [1.82, 2.24) is 20.5 Å². The van der Waals surface area contributed by atoms with E-state index < -0.39 is 0 Å². The van der Waals surface area contributed by atoms with Crippen LogP contribution < -0.4 is 15.5 Å². The molecule has 0 saturated heterocycles. The molecule has 1 atom stereocenters. The maximum atomic E-state index is 12.3. The quantitative estimate of drug-likeness (QED) is 0.788.